The zero-order chi connectivity index (χ0) is 18.8. The number of carbonyl (C=O) groups is 3. The predicted octanol–water partition coefficient (Wildman–Crippen LogP) is 3.22. The van der Waals surface area contributed by atoms with E-state index in [1.165, 1.54) is 4.90 Å². The topological polar surface area (TPSA) is 75.7 Å². The molecule has 2 rings (SSSR count). The fourth-order valence-corrected chi connectivity index (χ4v) is 2.85. The van der Waals surface area contributed by atoms with Crippen molar-refractivity contribution >= 4 is 17.9 Å². The van der Waals surface area contributed by atoms with Crippen LogP contribution in [0, 0.1) is 5.92 Å². The molecule has 0 fully saturated rings. The minimum Gasteiger partial charge on any atom is -0.444 e. The third-order valence-corrected chi connectivity index (χ3v) is 3.76. The van der Waals surface area contributed by atoms with Crippen molar-refractivity contribution in [2.24, 2.45) is 5.92 Å². The summed E-state index contributed by atoms with van der Waals surface area (Å²) >= 11 is 0. The third kappa shape index (κ3) is 4.81. The molecule has 3 amide bonds. The van der Waals surface area contributed by atoms with Crippen LogP contribution in [0.1, 0.15) is 61.8 Å². The minimum absolute atomic E-state index is 0.129. The van der Waals surface area contributed by atoms with Gasteiger partial charge in [0.25, 0.3) is 11.8 Å². The molecule has 0 aromatic heterocycles. The van der Waals surface area contributed by atoms with Crippen molar-refractivity contribution in [3.63, 3.8) is 0 Å². The first-order valence-corrected chi connectivity index (χ1v) is 8.53. The number of alkyl carbamates (subject to hydrolysis) is 1. The van der Waals surface area contributed by atoms with Gasteiger partial charge in [-0.3, -0.25) is 14.5 Å². The van der Waals surface area contributed by atoms with E-state index in [-0.39, 0.29) is 30.3 Å². The van der Waals surface area contributed by atoms with Gasteiger partial charge in [0.15, 0.2) is 0 Å². The Labute approximate surface area is 148 Å². The van der Waals surface area contributed by atoms with Gasteiger partial charge in [0.1, 0.15) is 5.60 Å². The second kappa shape index (κ2) is 7.25. The van der Waals surface area contributed by atoms with Crippen LogP contribution in [0.2, 0.25) is 0 Å². The molecule has 0 saturated carbocycles. The summed E-state index contributed by atoms with van der Waals surface area (Å²) in [5.74, 6) is -0.351. The maximum atomic E-state index is 12.5. The van der Waals surface area contributed by atoms with Gasteiger partial charge in [-0.1, -0.05) is 26.0 Å². The lowest BCUT2D eigenvalue weighted by atomic mass is 10.0. The van der Waals surface area contributed by atoms with Gasteiger partial charge in [-0.2, -0.15) is 0 Å². The van der Waals surface area contributed by atoms with Crippen molar-refractivity contribution in [3.8, 4) is 0 Å². The average Bonchev–Trinajstić information content (AvgIpc) is 2.70. The molecule has 25 heavy (non-hydrogen) atoms. The highest BCUT2D eigenvalue weighted by Crippen LogP contribution is 2.23. The van der Waals surface area contributed by atoms with Crippen LogP contribution in [0.15, 0.2) is 24.3 Å². The van der Waals surface area contributed by atoms with E-state index < -0.39 is 11.7 Å². The molecule has 1 N–H and O–H groups in total. The number of ether oxygens (including phenoxy) is 1. The largest absolute Gasteiger partial charge is 0.444 e. The molecule has 1 aromatic carbocycles. The molecule has 0 spiro atoms. The summed E-state index contributed by atoms with van der Waals surface area (Å²) in [6.07, 6.45) is 0.0851. The van der Waals surface area contributed by atoms with Crippen LogP contribution in [0.3, 0.4) is 0 Å². The first-order chi connectivity index (χ1) is 11.6. The lowest BCUT2D eigenvalue weighted by Crippen LogP contribution is -2.47. The van der Waals surface area contributed by atoms with Gasteiger partial charge >= 0.3 is 6.09 Å². The number of rotatable bonds is 5. The molecular formula is C19H26N2O4. The number of nitrogens with zero attached hydrogens (tertiary/aromatic N) is 1. The summed E-state index contributed by atoms with van der Waals surface area (Å²) in [7, 11) is 0. The average molecular weight is 346 g/mol. The third-order valence-electron chi connectivity index (χ3n) is 3.76. The highest BCUT2D eigenvalue weighted by atomic mass is 16.6. The van der Waals surface area contributed by atoms with Crippen molar-refractivity contribution in [3.05, 3.63) is 35.4 Å². The summed E-state index contributed by atoms with van der Waals surface area (Å²) in [6.45, 7) is 9.53. The zero-order valence-corrected chi connectivity index (χ0v) is 15.5. The van der Waals surface area contributed by atoms with Crippen molar-refractivity contribution in [1.82, 2.24) is 10.2 Å². The van der Waals surface area contributed by atoms with Crippen LogP contribution in [-0.2, 0) is 4.74 Å². The maximum Gasteiger partial charge on any atom is 0.407 e. The molecular weight excluding hydrogens is 320 g/mol. The van der Waals surface area contributed by atoms with E-state index in [2.05, 4.69) is 5.32 Å². The van der Waals surface area contributed by atoms with E-state index in [0.29, 0.717) is 17.5 Å². The summed E-state index contributed by atoms with van der Waals surface area (Å²) in [4.78, 5) is 38.3. The Bertz CT molecular complexity index is 641. The highest BCUT2D eigenvalue weighted by molar-refractivity contribution is 6.21. The van der Waals surface area contributed by atoms with Gasteiger partial charge in [-0.05, 0) is 45.2 Å². The van der Waals surface area contributed by atoms with E-state index in [1.807, 2.05) is 13.8 Å². The molecule has 0 radical (unpaired) electrons. The van der Waals surface area contributed by atoms with Gasteiger partial charge in [0.05, 0.1) is 17.2 Å². The second-order valence-electron chi connectivity index (χ2n) is 7.74. The van der Waals surface area contributed by atoms with Gasteiger partial charge < -0.3 is 10.1 Å². The molecule has 6 nitrogen and oxygen atoms in total. The van der Waals surface area contributed by atoms with Crippen LogP contribution < -0.4 is 5.32 Å². The fraction of sp³-hybridized carbons (Fsp3) is 0.526. The quantitative estimate of drug-likeness (QED) is 0.831. The van der Waals surface area contributed by atoms with Crippen LogP contribution in [0.25, 0.3) is 0 Å². The smallest absolute Gasteiger partial charge is 0.407 e. The normalized spacial score (nSPS) is 15.4. The number of hydrogen-bond acceptors (Lipinski definition) is 4. The summed E-state index contributed by atoms with van der Waals surface area (Å²) < 4.78 is 5.29. The number of fused-ring (bicyclic) bond motifs is 1. The Morgan fingerprint density at radius 1 is 1.12 bits per heavy atom. The number of hydrogen-bond donors (Lipinski definition) is 1. The summed E-state index contributed by atoms with van der Waals surface area (Å²) in [5.41, 5.74) is 0.211. The molecule has 0 bridgehead atoms. The maximum absolute atomic E-state index is 12.5. The van der Waals surface area contributed by atoms with Gasteiger partial charge in [0.2, 0.25) is 0 Å². The summed E-state index contributed by atoms with van der Waals surface area (Å²) in [5, 5.41) is 2.79. The predicted molar refractivity (Wildman–Crippen MR) is 94.4 cm³/mol. The lowest BCUT2D eigenvalue weighted by Gasteiger charge is -2.27. The van der Waals surface area contributed by atoms with E-state index in [4.69, 9.17) is 4.74 Å². The fourth-order valence-electron chi connectivity index (χ4n) is 2.85. The molecule has 0 saturated heterocycles. The Hall–Kier alpha value is -2.37. The molecule has 1 heterocycles. The van der Waals surface area contributed by atoms with Crippen LogP contribution >= 0.6 is 0 Å². The van der Waals surface area contributed by atoms with Gasteiger partial charge in [-0.25, -0.2) is 4.79 Å². The van der Waals surface area contributed by atoms with E-state index in [9.17, 15) is 14.4 Å². The lowest BCUT2D eigenvalue weighted by molar-refractivity contribution is 0.0460. The zero-order valence-electron chi connectivity index (χ0n) is 15.5. The Morgan fingerprint density at radius 2 is 1.64 bits per heavy atom. The van der Waals surface area contributed by atoms with Gasteiger partial charge in [-0.15, -0.1) is 0 Å². The number of carbonyl (C=O) groups excluding carboxylic acids is 3. The van der Waals surface area contributed by atoms with Crippen LogP contribution in [0.4, 0.5) is 4.79 Å². The Morgan fingerprint density at radius 3 is 2.08 bits per heavy atom. The number of amides is 3. The molecule has 0 aliphatic carbocycles. The first-order valence-electron chi connectivity index (χ1n) is 8.53. The van der Waals surface area contributed by atoms with Gasteiger partial charge in [0, 0.05) is 6.54 Å². The SMILES string of the molecule is CC(C)C[C@H](CN1C(=O)c2ccccc2C1=O)NC(=O)OC(C)(C)C. The minimum atomic E-state index is -0.609. The highest BCUT2D eigenvalue weighted by Gasteiger charge is 2.36. The number of nitrogens with one attached hydrogen (secondary N) is 1. The summed E-state index contributed by atoms with van der Waals surface area (Å²) in [6, 6.07) is 6.40. The van der Waals surface area contributed by atoms with Crippen molar-refractivity contribution in [2.45, 2.75) is 52.7 Å². The molecule has 6 heteroatoms. The molecule has 1 atom stereocenters. The molecule has 1 aliphatic rings. The Balaban J connectivity index is 2.11. The molecule has 0 unspecified atom stereocenters. The van der Waals surface area contributed by atoms with E-state index in [1.54, 1.807) is 45.0 Å². The molecule has 136 valence electrons. The Kier molecular flexibility index (Phi) is 5.50. The number of benzene rings is 1. The second-order valence-corrected chi connectivity index (χ2v) is 7.74. The van der Waals surface area contributed by atoms with Crippen LogP contribution in [0.5, 0.6) is 0 Å². The van der Waals surface area contributed by atoms with Crippen molar-refractivity contribution < 1.29 is 19.1 Å². The molecule has 1 aromatic rings. The van der Waals surface area contributed by atoms with E-state index >= 15 is 0 Å². The van der Waals surface area contributed by atoms with Crippen molar-refractivity contribution in [2.75, 3.05) is 6.54 Å². The number of imide groups is 1. The van der Waals surface area contributed by atoms with Crippen LogP contribution in [-0.4, -0.2) is 41.0 Å². The monoisotopic (exact) mass is 346 g/mol. The van der Waals surface area contributed by atoms with Crippen molar-refractivity contribution in [1.29, 1.82) is 0 Å². The van der Waals surface area contributed by atoms with E-state index in [0.717, 1.165) is 0 Å². The first kappa shape index (κ1) is 19.0. The molecule has 1 aliphatic heterocycles. The standard InChI is InChI=1S/C19H26N2O4/c1-12(2)10-13(20-18(24)25-19(3,4)5)11-21-16(22)14-8-6-7-9-15(14)17(21)23/h6-9,12-13H,10-11H2,1-5H3,(H,20,24)/t13-/m1/s1.